The van der Waals surface area contributed by atoms with Crippen molar-refractivity contribution in [3.63, 3.8) is 0 Å². The third-order valence-electron chi connectivity index (χ3n) is 3.56. The van der Waals surface area contributed by atoms with Crippen LogP contribution in [0.5, 0.6) is 0 Å². The molecular weight excluding hydrogens is 348 g/mol. The second-order valence-corrected chi connectivity index (χ2v) is 6.44. The Hall–Kier alpha value is -2.23. The average molecular weight is 363 g/mol. The number of hydrogen-bond acceptors (Lipinski definition) is 5. The minimum absolute atomic E-state index is 0.319. The predicted molar refractivity (Wildman–Crippen MR) is 93.1 cm³/mol. The van der Waals surface area contributed by atoms with Crippen LogP contribution in [0.4, 0.5) is 0 Å². The van der Waals surface area contributed by atoms with Crippen LogP contribution in [0.25, 0.3) is 0 Å². The standard InChI is InChI=1S/C17H15ClN2O3S/c1-3-8-24-16-12(9-19)13(10-4-6-11(18)7-5-10)14(15(21)20-16)17(22)23-2/h3-7,13-14H,1,8H2,2H3,(H,20,21)/t13-,14+/m0/s1. The maximum absolute atomic E-state index is 12.5. The summed E-state index contributed by atoms with van der Waals surface area (Å²) >= 11 is 7.20. The highest BCUT2D eigenvalue weighted by Crippen LogP contribution is 2.40. The Labute approximate surface area is 149 Å². The fourth-order valence-electron chi connectivity index (χ4n) is 2.49. The average Bonchev–Trinajstić information content (AvgIpc) is 2.59. The Bertz CT molecular complexity index is 737. The van der Waals surface area contributed by atoms with Crippen LogP contribution >= 0.6 is 23.4 Å². The lowest BCUT2D eigenvalue weighted by atomic mass is 9.78. The van der Waals surface area contributed by atoms with Crippen LogP contribution in [0.1, 0.15) is 11.5 Å². The van der Waals surface area contributed by atoms with Gasteiger partial charge in [-0.1, -0.05) is 29.8 Å². The maximum Gasteiger partial charge on any atom is 0.319 e. The molecule has 1 aliphatic heterocycles. The molecule has 0 aromatic heterocycles. The molecule has 2 rings (SSSR count). The highest BCUT2D eigenvalue weighted by molar-refractivity contribution is 8.03. The number of ether oxygens (including phenoxy) is 1. The van der Waals surface area contributed by atoms with E-state index in [0.29, 0.717) is 26.9 Å². The Morgan fingerprint density at radius 1 is 1.50 bits per heavy atom. The molecule has 1 heterocycles. The summed E-state index contributed by atoms with van der Waals surface area (Å²) in [6.45, 7) is 3.63. The lowest BCUT2D eigenvalue weighted by Gasteiger charge is -2.30. The van der Waals surface area contributed by atoms with Gasteiger partial charge in [-0.05, 0) is 17.7 Å². The quantitative estimate of drug-likeness (QED) is 0.495. The number of methoxy groups -OCH3 is 1. The van der Waals surface area contributed by atoms with Crippen LogP contribution in [-0.2, 0) is 14.3 Å². The second-order valence-electron chi connectivity index (χ2n) is 4.97. The lowest BCUT2D eigenvalue weighted by Crippen LogP contribution is -2.44. The van der Waals surface area contributed by atoms with E-state index < -0.39 is 23.7 Å². The van der Waals surface area contributed by atoms with E-state index in [2.05, 4.69) is 18.0 Å². The van der Waals surface area contributed by atoms with Crippen LogP contribution < -0.4 is 5.32 Å². The Morgan fingerprint density at radius 3 is 2.71 bits per heavy atom. The third kappa shape index (κ3) is 3.64. The molecule has 1 aliphatic rings. The number of esters is 1. The van der Waals surface area contributed by atoms with Gasteiger partial charge in [0.15, 0.2) is 0 Å². The van der Waals surface area contributed by atoms with E-state index in [9.17, 15) is 14.9 Å². The maximum atomic E-state index is 12.5. The number of allylic oxidation sites excluding steroid dienone is 1. The zero-order valence-electron chi connectivity index (χ0n) is 12.9. The van der Waals surface area contributed by atoms with Gasteiger partial charge in [0.25, 0.3) is 0 Å². The molecule has 0 fully saturated rings. The minimum atomic E-state index is -1.13. The van der Waals surface area contributed by atoms with Crippen LogP contribution in [0.2, 0.25) is 5.02 Å². The number of hydrogen-bond donors (Lipinski definition) is 1. The first-order valence-electron chi connectivity index (χ1n) is 7.05. The molecule has 7 heteroatoms. The Kier molecular flexibility index (Phi) is 6.07. The van der Waals surface area contributed by atoms with Gasteiger partial charge in [0.05, 0.1) is 23.8 Å². The van der Waals surface area contributed by atoms with Gasteiger partial charge >= 0.3 is 5.97 Å². The van der Waals surface area contributed by atoms with Crippen molar-refractivity contribution in [2.75, 3.05) is 12.9 Å². The number of rotatable bonds is 5. The van der Waals surface area contributed by atoms with E-state index in [-0.39, 0.29) is 0 Å². The van der Waals surface area contributed by atoms with Gasteiger partial charge in [0, 0.05) is 16.7 Å². The number of benzene rings is 1. The molecule has 5 nitrogen and oxygen atoms in total. The van der Waals surface area contributed by atoms with Gasteiger partial charge in [-0.2, -0.15) is 5.26 Å². The summed E-state index contributed by atoms with van der Waals surface area (Å²) in [6.07, 6.45) is 1.67. The van der Waals surface area contributed by atoms with E-state index in [4.69, 9.17) is 16.3 Å². The molecule has 0 saturated carbocycles. The van der Waals surface area contributed by atoms with Crippen LogP contribution in [-0.4, -0.2) is 24.7 Å². The van der Waals surface area contributed by atoms with E-state index >= 15 is 0 Å². The Balaban J connectivity index is 2.59. The molecule has 0 spiro atoms. The van der Waals surface area contributed by atoms with Crippen LogP contribution in [0.3, 0.4) is 0 Å². The topological polar surface area (TPSA) is 79.2 Å². The van der Waals surface area contributed by atoms with Crippen LogP contribution in [0, 0.1) is 17.2 Å². The molecule has 2 atom stereocenters. The molecular formula is C17H15ClN2O3S. The summed E-state index contributed by atoms with van der Waals surface area (Å²) in [6, 6.07) is 8.84. The molecule has 1 N–H and O–H groups in total. The molecule has 1 aromatic carbocycles. The summed E-state index contributed by atoms with van der Waals surface area (Å²) < 4.78 is 4.76. The predicted octanol–water partition coefficient (Wildman–Crippen LogP) is 3.00. The number of nitrogens with one attached hydrogen (secondary N) is 1. The van der Waals surface area contributed by atoms with E-state index in [0.717, 1.165) is 0 Å². The summed E-state index contributed by atoms with van der Waals surface area (Å²) in [5.74, 6) is -2.50. The van der Waals surface area contributed by atoms with Gasteiger partial charge in [-0.15, -0.1) is 18.3 Å². The van der Waals surface area contributed by atoms with Crippen molar-refractivity contribution in [3.05, 3.63) is 58.1 Å². The number of carbonyl (C=O) groups is 2. The molecule has 24 heavy (non-hydrogen) atoms. The van der Waals surface area contributed by atoms with E-state index in [1.165, 1.54) is 18.9 Å². The van der Waals surface area contributed by atoms with Crippen molar-refractivity contribution in [1.29, 1.82) is 5.26 Å². The van der Waals surface area contributed by atoms with Crippen molar-refractivity contribution >= 4 is 35.2 Å². The largest absolute Gasteiger partial charge is 0.468 e. The molecule has 124 valence electrons. The molecule has 0 bridgehead atoms. The SMILES string of the molecule is C=CCSC1=C(C#N)[C@H](c2ccc(Cl)cc2)[C@@H](C(=O)OC)C(=O)N1. The zero-order chi connectivity index (χ0) is 17.7. The fourth-order valence-corrected chi connectivity index (χ4v) is 3.40. The van der Waals surface area contributed by atoms with E-state index in [1.54, 1.807) is 30.3 Å². The molecule has 0 saturated heterocycles. The number of carbonyl (C=O) groups excluding carboxylic acids is 2. The molecule has 1 aromatic rings. The highest BCUT2D eigenvalue weighted by atomic mass is 35.5. The van der Waals surface area contributed by atoms with Crippen molar-refractivity contribution in [2.45, 2.75) is 5.92 Å². The molecule has 0 aliphatic carbocycles. The minimum Gasteiger partial charge on any atom is -0.468 e. The molecule has 1 amide bonds. The lowest BCUT2D eigenvalue weighted by molar-refractivity contribution is -0.150. The fraction of sp³-hybridized carbons (Fsp3) is 0.235. The van der Waals surface area contributed by atoms with Gasteiger partial charge in [-0.25, -0.2) is 0 Å². The van der Waals surface area contributed by atoms with Gasteiger partial charge < -0.3 is 10.1 Å². The van der Waals surface area contributed by atoms with Crippen molar-refractivity contribution < 1.29 is 14.3 Å². The second kappa shape index (κ2) is 8.04. The number of thioether (sulfide) groups is 1. The number of nitriles is 1. The van der Waals surface area contributed by atoms with Crippen LogP contribution in [0.15, 0.2) is 47.5 Å². The van der Waals surface area contributed by atoms with Gasteiger partial charge in [0.2, 0.25) is 5.91 Å². The highest BCUT2D eigenvalue weighted by Gasteiger charge is 2.44. The third-order valence-corrected chi connectivity index (χ3v) is 4.82. The number of amides is 1. The van der Waals surface area contributed by atoms with Crippen molar-refractivity contribution in [1.82, 2.24) is 5.32 Å². The summed E-state index contributed by atoms with van der Waals surface area (Å²) in [5, 5.41) is 13.2. The van der Waals surface area contributed by atoms with Crippen molar-refractivity contribution in [3.8, 4) is 6.07 Å². The monoisotopic (exact) mass is 362 g/mol. The summed E-state index contributed by atoms with van der Waals surface area (Å²) in [5.41, 5.74) is 0.970. The number of halogens is 1. The smallest absolute Gasteiger partial charge is 0.319 e. The molecule has 0 radical (unpaired) electrons. The first-order valence-corrected chi connectivity index (χ1v) is 8.42. The zero-order valence-corrected chi connectivity index (χ0v) is 14.5. The van der Waals surface area contributed by atoms with E-state index in [1.807, 2.05) is 0 Å². The summed E-state index contributed by atoms with van der Waals surface area (Å²) in [4.78, 5) is 24.6. The van der Waals surface area contributed by atoms with Crippen molar-refractivity contribution in [2.24, 2.45) is 5.92 Å². The Morgan fingerprint density at radius 2 is 2.17 bits per heavy atom. The first-order chi connectivity index (χ1) is 11.5. The summed E-state index contributed by atoms with van der Waals surface area (Å²) in [7, 11) is 1.21. The molecule has 0 unspecified atom stereocenters. The normalized spacial score (nSPS) is 20.1. The number of nitrogens with zero attached hydrogens (tertiary/aromatic N) is 1. The van der Waals surface area contributed by atoms with Gasteiger partial charge in [-0.3, -0.25) is 9.59 Å². The van der Waals surface area contributed by atoms with Gasteiger partial charge in [0.1, 0.15) is 5.92 Å². The first kappa shape index (κ1) is 18.1.